The third kappa shape index (κ3) is 4.46. The zero-order chi connectivity index (χ0) is 21.7. The molecule has 7 heteroatoms. The zero-order valence-corrected chi connectivity index (χ0v) is 17.5. The molecule has 30 heavy (non-hydrogen) atoms. The third-order valence-corrected chi connectivity index (χ3v) is 4.43. The number of nitrogens with zero attached hydrogens (tertiary/aromatic N) is 1. The minimum atomic E-state index is -0.353. The molecule has 0 aliphatic heterocycles. The van der Waals surface area contributed by atoms with Gasteiger partial charge < -0.3 is 23.5 Å². The fraction of sp³-hybridized carbons (Fsp3) is 0.217. The van der Waals surface area contributed by atoms with Crippen molar-refractivity contribution >= 4 is 18.1 Å². The number of methoxy groups -OCH3 is 3. The highest BCUT2D eigenvalue weighted by Gasteiger charge is 2.19. The van der Waals surface area contributed by atoms with Crippen molar-refractivity contribution in [3.63, 3.8) is 0 Å². The summed E-state index contributed by atoms with van der Waals surface area (Å²) in [7, 11) is 4.69. The molecular weight excluding hydrogens is 386 g/mol. The second-order valence-corrected chi connectivity index (χ2v) is 6.41. The molecule has 0 fully saturated rings. The van der Waals surface area contributed by atoms with Crippen molar-refractivity contribution in [2.24, 2.45) is 0 Å². The van der Waals surface area contributed by atoms with Gasteiger partial charge in [-0.05, 0) is 42.8 Å². The van der Waals surface area contributed by atoms with Gasteiger partial charge in [0.15, 0.2) is 11.5 Å². The molecule has 0 radical (unpaired) electrons. The van der Waals surface area contributed by atoms with E-state index < -0.39 is 0 Å². The fourth-order valence-electron chi connectivity index (χ4n) is 2.99. The summed E-state index contributed by atoms with van der Waals surface area (Å²) in [6.45, 7) is 3.21. The smallest absolute Gasteiger partial charge is 0.308 e. The van der Waals surface area contributed by atoms with Crippen LogP contribution in [0.5, 0.6) is 23.0 Å². The maximum absolute atomic E-state index is 11.0. The molecule has 0 saturated heterocycles. The van der Waals surface area contributed by atoms with Crippen LogP contribution in [0.15, 0.2) is 40.9 Å². The summed E-state index contributed by atoms with van der Waals surface area (Å²) in [6, 6.07) is 10.8. The van der Waals surface area contributed by atoms with Crippen molar-refractivity contribution in [3.8, 4) is 34.3 Å². The van der Waals surface area contributed by atoms with Gasteiger partial charge in [-0.25, -0.2) is 0 Å². The molecule has 0 spiro atoms. The first-order chi connectivity index (χ1) is 14.5. The van der Waals surface area contributed by atoms with E-state index in [-0.39, 0.29) is 5.97 Å². The monoisotopic (exact) mass is 409 g/mol. The van der Waals surface area contributed by atoms with Crippen LogP contribution >= 0.6 is 0 Å². The normalized spacial score (nSPS) is 10.8. The number of hydrogen-bond donors (Lipinski definition) is 0. The molecule has 2 aromatic carbocycles. The SMILES string of the molecule is COc1cc(-c2noc(C)c2/C=C/c2ccc(OC(C)=O)cc2)cc(OC)c1OC. The molecule has 0 aliphatic carbocycles. The Labute approximate surface area is 174 Å². The average Bonchev–Trinajstić information content (AvgIpc) is 3.12. The van der Waals surface area contributed by atoms with Crippen LogP contribution < -0.4 is 18.9 Å². The maximum atomic E-state index is 11.0. The predicted molar refractivity (Wildman–Crippen MR) is 113 cm³/mol. The summed E-state index contributed by atoms with van der Waals surface area (Å²) in [5, 5.41) is 4.22. The molecule has 0 atom stereocenters. The van der Waals surface area contributed by atoms with Gasteiger partial charge in [0.05, 0.1) is 21.3 Å². The van der Waals surface area contributed by atoms with Gasteiger partial charge in [0.25, 0.3) is 0 Å². The van der Waals surface area contributed by atoms with Gasteiger partial charge in [-0.3, -0.25) is 4.79 Å². The second kappa shape index (κ2) is 9.17. The van der Waals surface area contributed by atoms with Crippen LogP contribution in [0.1, 0.15) is 23.8 Å². The lowest BCUT2D eigenvalue weighted by Gasteiger charge is -2.13. The lowest BCUT2D eigenvalue weighted by atomic mass is 10.0. The van der Waals surface area contributed by atoms with Crippen molar-refractivity contribution in [2.75, 3.05) is 21.3 Å². The third-order valence-electron chi connectivity index (χ3n) is 4.43. The molecule has 0 aliphatic rings. The van der Waals surface area contributed by atoms with E-state index in [0.717, 1.165) is 16.7 Å². The van der Waals surface area contributed by atoms with Crippen molar-refractivity contribution in [3.05, 3.63) is 53.3 Å². The highest BCUT2D eigenvalue weighted by molar-refractivity contribution is 5.81. The summed E-state index contributed by atoms with van der Waals surface area (Å²) in [6.07, 6.45) is 3.85. The number of rotatable bonds is 7. The number of carbonyl (C=O) groups excluding carboxylic acids is 1. The van der Waals surface area contributed by atoms with Crippen molar-refractivity contribution in [1.82, 2.24) is 5.16 Å². The van der Waals surface area contributed by atoms with Crippen LogP contribution in [-0.4, -0.2) is 32.5 Å². The molecule has 0 unspecified atom stereocenters. The van der Waals surface area contributed by atoms with Gasteiger partial charge in [0.2, 0.25) is 5.75 Å². The Morgan fingerprint density at radius 1 is 0.967 bits per heavy atom. The minimum Gasteiger partial charge on any atom is -0.493 e. The predicted octanol–water partition coefficient (Wildman–Crippen LogP) is 4.77. The van der Waals surface area contributed by atoms with Crippen molar-refractivity contribution in [1.29, 1.82) is 0 Å². The van der Waals surface area contributed by atoms with E-state index in [1.807, 2.05) is 43.3 Å². The lowest BCUT2D eigenvalue weighted by molar-refractivity contribution is -0.131. The highest BCUT2D eigenvalue weighted by atomic mass is 16.5. The van der Waals surface area contributed by atoms with E-state index in [0.29, 0.717) is 34.5 Å². The number of ether oxygens (including phenoxy) is 4. The van der Waals surface area contributed by atoms with Gasteiger partial charge >= 0.3 is 5.97 Å². The van der Waals surface area contributed by atoms with E-state index in [1.54, 1.807) is 33.5 Å². The van der Waals surface area contributed by atoms with E-state index in [1.165, 1.54) is 6.92 Å². The number of aromatic nitrogens is 1. The Morgan fingerprint density at radius 2 is 1.60 bits per heavy atom. The Morgan fingerprint density at radius 3 is 2.13 bits per heavy atom. The summed E-state index contributed by atoms with van der Waals surface area (Å²) in [5.41, 5.74) is 3.18. The molecule has 156 valence electrons. The first-order valence-corrected chi connectivity index (χ1v) is 9.20. The van der Waals surface area contributed by atoms with E-state index in [4.69, 9.17) is 23.5 Å². The van der Waals surface area contributed by atoms with Crippen LogP contribution in [0, 0.1) is 6.92 Å². The largest absolute Gasteiger partial charge is 0.493 e. The number of carbonyl (C=O) groups is 1. The first-order valence-electron chi connectivity index (χ1n) is 9.20. The van der Waals surface area contributed by atoms with Crippen LogP contribution in [-0.2, 0) is 4.79 Å². The van der Waals surface area contributed by atoms with Crippen LogP contribution in [0.25, 0.3) is 23.4 Å². The van der Waals surface area contributed by atoms with E-state index >= 15 is 0 Å². The van der Waals surface area contributed by atoms with Gasteiger partial charge in [-0.1, -0.05) is 23.4 Å². The Balaban J connectivity index is 1.96. The fourth-order valence-corrected chi connectivity index (χ4v) is 2.99. The quantitative estimate of drug-likeness (QED) is 0.411. The summed E-state index contributed by atoms with van der Waals surface area (Å²) in [4.78, 5) is 11.0. The Hall–Kier alpha value is -3.74. The van der Waals surface area contributed by atoms with Gasteiger partial charge in [-0.15, -0.1) is 0 Å². The Kier molecular flexibility index (Phi) is 6.41. The van der Waals surface area contributed by atoms with Crippen LogP contribution in [0.2, 0.25) is 0 Å². The van der Waals surface area contributed by atoms with Crippen LogP contribution in [0.3, 0.4) is 0 Å². The molecule has 0 saturated carbocycles. The lowest BCUT2D eigenvalue weighted by Crippen LogP contribution is -2.00. The number of aryl methyl sites for hydroxylation is 1. The maximum Gasteiger partial charge on any atom is 0.308 e. The highest BCUT2D eigenvalue weighted by Crippen LogP contribution is 2.42. The molecule has 0 N–H and O–H groups in total. The van der Waals surface area contributed by atoms with E-state index in [2.05, 4.69) is 5.16 Å². The molecule has 3 aromatic rings. The topological polar surface area (TPSA) is 80.0 Å². The molecule has 1 aromatic heterocycles. The molecule has 1 heterocycles. The molecule has 7 nitrogen and oxygen atoms in total. The molecule has 3 rings (SSSR count). The number of benzene rings is 2. The first kappa shape index (κ1) is 21.0. The summed E-state index contributed by atoms with van der Waals surface area (Å²) in [5.74, 6) is 2.39. The molecular formula is C23H23NO6. The molecule has 0 amide bonds. The second-order valence-electron chi connectivity index (χ2n) is 6.41. The van der Waals surface area contributed by atoms with E-state index in [9.17, 15) is 4.79 Å². The minimum absolute atomic E-state index is 0.353. The van der Waals surface area contributed by atoms with Gasteiger partial charge in [0, 0.05) is 18.1 Å². The number of esters is 1. The van der Waals surface area contributed by atoms with Gasteiger partial charge in [-0.2, -0.15) is 0 Å². The van der Waals surface area contributed by atoms with Crippen LogP contribution in [0.4, 0.5) is 0 Å². The molecule has 0 bridgehead atoms. The van der Waals surface area contributed by atoms with Crippen molar-refractivity contribution < 1.29 is 28.3 Å². The van der Waals surface area contributed by atoms with Gasteiger partial charge in [0.1, 0.15) is 17.2 Å². The number of hydrogen-bond acceptors (Lipinski definition) is 7. The summed E-state index contributed by atoms with van der Waals surface area (Å²) >= 11 is 0. The Bertz CT molecular complexity index is 1040. The zero-order valence-electron chi connectivity index (χ0n) is 17.5. The summed E-state index contributed by atoms with van der Waals surface area (Å²) < 4.78 is 26.8. The van der Waals surface area contributed by atoms with Crippen molar-refractivity contribution in [2.45, 2.75) is 13.8 Å². The average molecular weight is 409 g/mol. The standard InChI is InChI=1S/C23H23NO6/c1-14-19(11-8-16-6-9-18(10-7-16)29-15(2)25)22(24-30-14)17-12-20(26-3)23(28-5)21(13-17)27-4/h6-13H,1-5H3/b11-8+.